The molecule has 0 radical (unpaired) electrons. The van der Waals surface area contributed by atoms with Crippen LogP contribution in [0.15, 0.2) is 0 Å². The maximum absolute atomic E-state index is 8.42. The molecule has 0 aromatic heterocycles. The summed E-state index contributed by atoms with van der Waals surface area (Å²) >= 11 is 0. The number of hydrogen-bond acceptors (Lipinski definition) is 2. The smallest absolute Gasteiger partial charge is 0.120 e. The maximum Gasteiger partial charge on any atom is 0.120 e. The molecule has 0 bridgehead atoms. The molecule has 0 saturated heterocycles. The number of ether oxygens (including phenoxy) is 1. The molecule has 0 aromatic carbocycles. The normalized spacial score (nSPS) is 12.6. The Hall–Kier alpha value is -0.520. The van der Waals surface area contributed by atoms with Crippen molar-refractivity contribution in [2.24, 2.45) is 0 Å². The van der Waals surface area contributed by atoms with Gasteiger partial charge in [0.15, 0.2) is 0 Å². The van der Waals surface area contributed by atoms with E-state index >= 15 is 0 Å². The highest BCUT2D eigenvalue weighted by atomic mass is 16.5. The molecule has 0 saturated carbocycles. The van der Waals surface area contributed by atoms with Crippen LogP contribution >= 0.6 is 0 Å². The van der Waals surface area contributed by atoms with Crippen LogP contribution in [0.1, 0.15) is 13.3 Å². The van der Waals surface area contributed by atoms with E-state index in [1.807, 2.05) is 6.92 Å². The van der Waals surface area contributed by atoms with Gasteiger partial charge in [-0.25, -0.2) is 0 Å². The number of aliphatic hydroxyl groups excluding tert-OH is 1. The number of terminal acetylenes is 1. The monoisotopic (exact) mass is 128 g/mol. The summed E-state index contributed by atoms with van der Waals surface area (Å²) in [5.74, 6) is 2.42. The molecular weight excluding hydrogens is 116 g/mol. The molecule has 0 aromatic rings. The predicted molar refractivity (Wildman–Crippen MR) is 35.9 cm³/mol. The third-order valence-electron chi connectivity index (χ3n) is 0.945. The van der Waals surface area contributed by atoms with Crippen molar-refractivity contribution in [2.45, 2.75) is 19.4 Å². The van der Waals surface area contributed by atoms with Crippen LogP contribution < -0.4 is 0 Å². The minimum atomic E-state index is -0.208. The summed E-state index contributed by atoms with van der Waals surface area (Å²) in [6.45, 7) is 2.57. The highest BCUT2D eigenvalue weighted by molar-refractivity contribution is 4.94. The van der Waals surface area contributed by atoms with E-state index in [-0.39, 0.29) is 12.7 Å². The van der Waals surface area contributed by atoms with Gasteiger partial charge in [0, 0.05) is 19.6 Å². The lowest BCUT2D eigenvalue weighted by Crippen LogP contribution is -2.11. The Bertz CT molecular complexity index is 87.6. The number of hydrogen-bond donors (Lipinski definition) is 1. The molecular formula is C7H12O2. The van der Waals surface area contributed by atoms with Crippen molar-refractivity contribution in [3.8, 4) is 12.3 Å². The molecule has 0 heterocycles. The van der Waals surface area contributed by atoms with Crippen LogP contribution in [-0.4, -0.2) is 24.4 Å². The molecule has 1 atom stereocenters. The van der Waals surface area contributed by atoms with Crippen LogP contribution in [0.4, 0.5) is 0 Å². The molecule has 9 heavy (non-hydrogen) atoms. The third kappa shape index (κ3) is 4.01. The fourth-order valence-electron chi connectivity index (χ4n) is 0.533. The lowest BCUT2D eigenvalue weighted by atomic mass is 10.3. The van der Waals surface area contributed by atoms with Crippen molar-refractivity contribution in [2.75, 3.05) is 13.2 Å². The Morgan fingerprint density at radius 2 is 2.44 bits per heavy atom. The van der Waals surface area contributed by atoms with Gasteiger partial charge in [0.25, 0.3) is 0 Å². The van der Waals surface area contributed by atoms with Crippen LogP contribution in [-0.2, 0) is 4.74 Å². The van der Waals surface area contributed by atoms with Crippen molar-refractivity contribution in [3.05, 3.63) is 0 Å². The first-order valence-electron chi connectivity index (χ1n) is 3.03. The van der Waals surface area contributed by atoms with Crippen molar-refractivity contribution < 1.29 is 9.84 Å². The zero-order chi connectivity index (χ0) is 7.11. The van der Waals surface area contributed by atoms with E-state index in [4.69, 9.17) is 16.3 Å². The predicted octanol–water partition coefficient (Wildman–Crippen LogP) is 0.407. The molecule has 0 fully saturated rings. The van der Waals surface area contributed by atoms with Crippen LogP contribution in [0.3, 0.4) is 0 Å². The molecule has 0 unspecified atom stereocenters. The molecule has 2 nitrogen and oxygen atoms in total. The van der Waals surface area contributed by atoms with Gasteiger partial charge in [0.2, 0.25) is 0 Å². The molecule has 1 N–H and O–H groups in total. The highest BCUT2D eigenvalue weighted by Gasteiger charge is 2.00. The summed E-state index contributed by atoms with van der Waals surface area (Å²) in [7, 11) is 0. The summed E-state index contributed by atoms with van der Waals surface area (Å²) < 4.78 is 5.04. The third-order valence-corrected chi connectivity index (χ3v) is 0.945. The molecule has 0 rings (SSSR count). The van der Waals surface area contributed by atoms with Crippen molar-refractivity contribution >= 4 is 0 Å². The second-order valence-corrected chi connectivity index (χ2v) is 1.62. The van der Waals surface area contributed by atoms with Gasteiger partial charge in [0.1, 0.15) is 6.10 Å². The van der Waals surface area contributed by atoms with Gasteiger partial charge < -0.3 is 9.84 Å². The lowest BCUT2D eigenvalue weighted by Gasteiger charge is -2.06. The number of aliphatic hydroxyl groups is 1. The largest absolute Gasteiger partial charge is 0.396 e. The van der Waals surface area contributed by atoms with E-state index in [1.165, 1.54) is 0 Å². The number of rotatable bonds is 4. The van der Waals surface area contributed by atoms with E-state index in [9.17, 15) is 0 Å². The molecule has 0 aliphatic carbocycles. The van der Waals surface area contributed by atoms with Crippen molar-refractivity contribution in [1.82, 2.24) is 0 Å². The first kappa shape index (κ1) is 8.48. The zero-order valence-corrected chi connectivity index (χ0v) is 5.63. The Kier molecular flexibility index (Phi) is 5.29. The van der Waals surface area contributed by atoms with E-state index in [2.05, 4.69) is 5.92 Å². The van der Waals surface area contributed by atoms with Gasteiger partial charge in [-0.1, -0.05) is 5.92 Å². The average molecular weight is 128 g/mol. The quantitative estimate of drug-likeness (QED) is 0.555. The zero-order valence-electron chi connectivity index (χ0n) is 5.63. The second kappa shape index (κ2) is 5.61. The van der Waals surface area contributed by atoms with Gasteiger partial charge in [-0.3, -0.25) is 0 Å². The van der Waals surface area contributed by atoms with Gasteiger partial charge in [0.05, 0.1) is 0 Å². The Morgan fingerprint density at radius 1 is 1.78 bits per heavy atom. The maximum atomic E-state index is 8.42. The summed E-state index contributed by atoms with van der Waals surface area (Å²) in [4.78, 5) is 0. The molecule has 0 aliphatic heterocycles. The minimum Gasteiger partial charge on any atom is -0.396 e. The fraction of sp³-hybridized carbons (Fsp3) is 0.714. The summed E-state index contributed by atoms with van der Waals surface area (Å²) in [6.07, 6.45) is 5.38. The lowest BCUT2D eigenvalue weighted by molar-refractivity contribution is 0.0820. The van der Waals surface area contributed by atoms with Crippen LogP contribution in [0.5, 0.6) is 0 Å². The molecule has 0 aliphatic rings. The SMILES string of the molecule is C#C[C@@H](CCO)OCC. The standard InChI is InChI=1S/C7H12O2/c1-3-7(5-6-8)9-4-2/h1,7-8H,4-6H2,2H3/t7-/m0/s1. The minimum absolute atomic E-state index is 0.0921. The summed E-state index contributed by atoms with van der Waals surface area (Å²) in [6, 6.07) is 0. The Morgan fingerprint density at radius 3 is 2.78 bits per heavy atom. The molecule has 2 heteroatoms. The van der Waals surface area contributed by atoms with E-state index in [1.54, 1.807) is 0 Å². The first-order valence-corrected chi connectivity index (χ1v) is 3.03. The fourth-order valence-corrected chi connectivity index (χ4v) is 0.533. The van der Waals surface area contributed by atoms with Gasteiger partial charge in [-0.15, -0.1) is 6.42 Å². The van der Waals surface area contributed by atoms with E-state index < -0.39 is 0 Å². The second-order valence-electron chi connectivity index (χ2n) is 1.62. The molecule has 0 amide bonds. The van der Waals surface area contributed by atoms with E-state index in [0.29, 0.717) is 13.0 Å². The Labute approximate surface area is 55.8 Å². The highest BCUT2D eigenvalue weighted by Crippen LogP contribution is 1.94. The average Bonchev–Trinajstić information content (AvgIpc) is 1.88. The van der Waals surface area contributed by atoms with Crippen LogP contribution in [0.25, 0.3) is 0 Å². The first-order chi connectivity index (χ1) is 4.35. The van der Waals surface area contributed by atoms with Gasteiger partial charge >= 0.3 is 0 Å². The van der Waals surface area contributed by atoms with Crippen molar-refractivity contribution in [3.63, 3.8) is 0 Å². The van der Waals surface area contributed by atoms with Gasteiger partial charge in [-0.05, 0) is 6.92 Å². The van der Waals surface area contributed by atoms with Crippen LogP contribution in [0.2, 0.25) is 0 Å². The summed E-state index contributed by atoms with van der Waals surface area (Å²) in [5, 5.41) is 8.42. The van der Waals surface area contributed by atoms with Gasteiger partial charge in [-0.2, -0.15) is 0 Å². The van der Waals surface area contributed by atoms with E-state index in [0.717, 1.165) is 0 Å². The molecule has 52 valence electrons. The Balaban J connectivity index is 3.32. The topological polar surface area (TPSA) is 29.5 Å². The molecule has 0 spiro atoms. The van der Waals surface area contributed by atoms with Crippen molar-refractivity contribution in [1.29, 1.82) is 0 Å². The van der Waals surface area contributed by atoms with Crippen LogP contribution in [0, 0.1) is 12.3 Å². The summed E-state index contributed by atoms with van der Waals surface area (Å²) in [5.41, 5.74) is 0.